The molecule has 0 N–H and O–H groups in total. The van der Waals surface area contributed by atoms with E-state index in [9.17, 15) is 9.59 Å². The zero-order valence-electron chi connectivity index (χ0n) is 12.5. The van der Waals surface area contributed by atoms with E-state index in [1.807, 2.05) is 0 Å². The van der Waals surface area contributed by atoms with E-state index in [2.05, 4.69) is 15.0 Å². The van der Waals surface area contributed by atoms with Crippen LogP contribution in [0.4, 0.5) is 0 Å². The summed E-state index contributed by atoms with van der Waals surface area (Å²) in [7, 11) is 0. The van der Waals surface area contributed by atoms with E-state index >= 15 is 0 Å². The van der Waals surface area contributed by atoms with Crippen LogP contribution in [0.15, 0.2) is 41.7 Å². The van der Waals surface area contributed by atoms with Crippen LogP contribution in [0.3, 0.4) is 0 Å². The predicted octanol–water partition coefficient (Wildman–Crippen LogP) is 1.34. The van der Waals surface area contributed by atoms with Crippen LogP contribution in [0, 0.1) is 0 Å². The molecule has 0 spiro atoms. The number of hydrogen-bond donors (Lipinski definition) is 0. The van der Waals surface area contributed by atoms with E-state index in [4.69, 9.17) is 11.6 Å². The van der Waals surface area contributed by atoms with Gasteiger partial charge in [0.15, 0.2) is 0 Å². The Balaban J connectivity index is 1.75. The van der Waals surface area contributed by atoms with Gasteiger partial charge in [0, 0.05) is 31.6 Å². The van der Waals surface area contributed by atoms with Crippen molar-refractivity contribution in [3.8, 4) is 0 Å². The maximum absolute atomic E-state index is 12.7. The van der Waals surface area contributed by atoms with Crippen LogP contribution >= 0.6 is 11.6 Å². The maximum Gasteiger partial charge on any atom is 0.274 e. The fourth-order valence-electron chi connectivity index (χ4n) is 2.82. The third-order valence-electron chi connectivity index (χ3n) is 4.00. The van der Waals surface area contributed by atoms with Gasteiger partial charge in [0.05, 0.1) is 29.0 Å². The number of aromatic nitrogens is 4. The standard InChI is InChI=1S/C16H12ClN5O2/c17-10-1-2-14-20-12-3-6-21(9-11(12)15(23)22(14)8-10)16(24)13-7-18-4-5-19-13/h1-2,4-5,7-8H,3,6,9H2. The molecule has 120 valence electrons. The van der Waals surface area contributed by atoms with Gasteiger partial charge in [0.2, 0.25) is 0 Å². The zero-order chi connectivity index (χ0) is 16.7. The molecule has 0 aromatic carbocycles. The number of pyridine rings is 1. The second-order valence-corrected chi connectivity index (χ2v) is 5.92. The zero-order valence-corrected chi connectivity index (χ0v) is 13.3. The highest BCUT2D eigenvalue weighted by molar-refractivity contribution is 6.30. The second-order valence-electron chi connectivity index (χ2n) is 5.49. The van der Waals surface area contributed by atoms with Gasteiger partial charge in [0.25, 0.3) is 11.5 Å². The number of fused-ring (bicyclic) bond motifs is 2. The van der Waals surface area contributed by atoms with Gasteiger partial charge in [0.1, 0.15) is 11.3 Å². The number of nitrogens with zero attached hydrogens (tertiary/aromatic N) is 5. The molecule has 0 radical (unpaired) electrons. The third kappa shape index (κ3) is 2.43. The van der Waals surface area contributed by atoms with Crippen molar-refractivity contribution in [2.45, 2.75) is 13.0 Å². The van der Waals surface area contributed by atoms with Crippen LogP contribution in [-0.4, -0.2) is 36.7 Å². The molecule has 0 saturated carbocycles. The van der Waals surface area contributed by atoms with Crippen molar-refractivity contribution in [2.75, 3.05) is 6.54 Å². The summed E-state index contributed by atoms with van der Waals surface area (Å²) in [5.41, 5.74) is 1.85. The summed E-state index contributed by atoms with van der Waals surface area (Å²) in [4.78, 5) is 39.3. The Morgan fingerprint density at radius 2 is 2.12 bits per heavy atom. The van der Waals surface area contributed by atoms with Crippen LogP contribution in [0.1, 0.15) is 21.7 Å². The molecule has 0 aliphatic carbocycles. The Hall–Kier alpha value is -2.80. The molecule has 7 nitrogen and oxygen atoms in total. The van der Waals surface area contributed by atoms with Crippen molar-refractivity contribution in [1.29, 1.82) is 0 Å². The molecule has 1 aliphatic heterocycles. The van der Waals surface area contributed by atoms with Gasteiger partial charge in [-0.2, -0.15) is 0 Å². The molecule has 0 bridgehead atoms. The van der Waals surface area contributed by atoms with Crippen LogP contribution < -0.4 is 5.56 Å². The van der Waals surface area contributed by atoms with E-state index in [1.165, 1.54) is 29.2 Å². The summed E-state index contributed by atoms with van der Waals surface area (Å²) in [6, 6.07) is 3.41. The first-order valence-corrected chi connectivity index (χ1v) is 7.76. The van der Waals surface area contributed by atoms with Gasteiger partial charge >= 0.3 is 0 Å². The first-order chi connectivity index (χ1) is 11.6. The van der Waals surface area contributed by atoms with Crippen molar-refractivity contribution in [3.05, 3.63) is 69.2 Å². The Morgan fingerprint density at radius 3 is 2.92 bits per heavy atom. The molecule has 0 atom stereocenters. The minimum Gasteiger partial charge on any atom is -0.332 e. The molecule has 4 rings (SSSR count). The second kappa shape index (κ2) is 5.68. The summed E-state index contributed by atoms with van der Waals surface area (Å²) in [6.07, 6.45) is 6.46. The summed E-state index contributed by atoms with van der Waals surface area (Å²) < 4.78 is 1.41. The van der Waals surface area contributed by atoms with E-state index in [1.54, 1.807) is 17.0 Å². The van der Waals surface area contributed by atoms with Crippen molar-refractivity contribution >= 4 is 23.2 Å². The lowest BCUT2D eigenvalue weighted by molar-refractivity contribution is 0.0726. The van der Waals surface area contributed by atoms with Crippen LogP contribution in [0.2, 0.25) is 5.02 Å². The average molecular weight is 342 g/mol. The lowest BCUT2D eigenvalue weighted by Crippen LogP contribution is -2.40. The fraction of sp³-hybridized carbons (Fsp3) is 0.188. The molecule has 0 unspecified atom stereocenters. The molecule has 4 heterocycles. The minimum absolute atomic E-state index is 0.200. The average Bonchev–Trinajstić information content (AvgIpc) is 2.62. The van der Waals surface area contributed by atoms with Gasteiger partial charge in [-0.25, -0.2) is 9.97 Å². The highest BCUT2D eigenvalue weighted by atomic mass is 35.5. The lowest BCUT2D eigenvalue weighted by Gasteiger charge is -2.27. The molecular weight excluding hydrogens is 330 g/mol. The van der Waals surface area contributed by atoms with Gasteiger partial charge in [-0.15, -0.1) is 0 Å². The van der Waals surface area contributed by atoms with Gasteiger partial charge < -0.3 is 4.90 Å². The van der Waals surface area contributed by atoms with Crippen molar-refractivity contribution in [1.82, 2.24) is 24.3 Å². The number of carbonyl (C=O) groups excluding carboxylic acids is 1. The summed E-state index contributed by atoms with van der Waals surface area (Å²) in [5.74, 6) is -0.246. The van der Waals surface area contributed by atoms with Crippen LogP contribution in [0.25, 0.3) is 5.65 Å². The normalized spacial score (nSPS) is 13.8. The van der Waals surface area contributed by atoms with E-state index in [-0.39, 0.29) is 23.7 Å². The summed E-state index contributed by atoms with van der Waals surface area (Å²) in [6.45, 7) is 0.685. The Morgan fingerprint density at radius 1 is 1.25 bits per heavy atom. The minimum atomic E-state index is -0.246. The molecule has 8 heteroatoms. The molecule has 0 fully saturated rings. The quantitative estimate of drug-likeness (QED) is 0.667. The van der Waals surface area contributed by atoms with Gasteiger partial charge in [-0.05, 0) is 12.1 Å². The van der Waals surface area contributed by atoms with Crippen LogP contribution in [0.5, 0.6) is 0 Å². The number of amides is 1. The molecule has 24 heavy (non-hydrogen) atoms. The lowest BCUT2D eigenvalue weighted by atomic mass is 10.1. The number of rotatable bonds is 1. The topological polar surface area (TPSA) is 80.5 Å². The fourth-order valence-corrected chi connectivity index (χ4v) is 2.98. The van der Waals surface area contributed by atoms with E-state index in [0.29, 0.717) is 29.2 Å². The largest absolute Gasteiger partial charge is 0.332 e. The summed E-state index contributed by atoms with van der Waals surface area (Å²) >= 11 is 5.97. The molecule has 0 saturated heterocycles. The first kappa shape index (κ1) is 14.8. The Bertz CT molecular complexity index is 1000. The molecule has 3 aromatic rings. The van der Waals surface area contributed by atoms with Crippen molar-refractivity contribution in [2.24, 2.45) is 0 Å². The number of hydrogen-bond acceptors (Lipinski definition) is 5. The molecule has 1 amide bonds. The number of carbonyl (C=O) groups is 1. The highest BCUT2D eigenvalue weighted by Crippen LogP contribution is 2.17. The summed E-state index contributed by atoms with van der Waals surface area (Å²) in [5, 5.41) is 0.453. The molecule has 1 aliphatic rings. The van der Waals surface area contributed by atoms with E-state index < -0.39 is 0 Å². The maximum atomic E-state index is 12.7. The molecular formula is C16H12ClN5O2. The van der Waals surface area contributed by atoms with Crippen molar-refractivity contribution in [3.63, 3.8) is 0 Å². The van der Waals surface area contributed by atoms with Gasteiger partial charge in [-0.3, -0.25) is 19.0 Å². The SMILES string of the molecule is O=C(c1cnccn1)N1CCc2nc3ccc(Cl)cn3c(=O)c2C1. The first-order valence-electron chi connectivity index (χ1n) is 7.38. The monoisotopic (exact) mass is 341 g/mol. The highest BCUT2D eigenvalue weighted by Gasteiger charge is 2.26. The predicted molar refractivity (Wildman–Crippen MR) is 86.9 cm³/mol. The number of halogens is 1. The van der Waals surface area contributed by atoms with E-state index in [0.717, 1.165) is 5.69 Å². The molecule has 3 aromatic heterocycles. The third-order valence-corrected chi connectivity index (χ3v) is 4.23. The van der Waals surface area contributed by atoms with Crippen LogP contribution in [-0.2, 0) is 13.0 Å². The van der Waals surface area contributed by atoms with Gasteiger partial charge in [-0.1, -0.05) is 11.6 Å². The Kier molecular flexibility index (Phi) is 3.50. The smallest absolute Gasteiger partial charge is 0.274 e. The Labute approximate surface area is 141 Å². The van der Waals surface area contributed by atoms with Crippen molar-refractivity contribution < 1.29 is 4.79 Å².